The van der Waals surface area contributed by atoms with E-state index in [0.29, 0.717) is 29.2 Å². The summed E-state index contributed by atoms with van der Waals surface area (Å²) in [5.41, 5.74) is 1.43. The molecule has 0 spiro atoms. The molecule has 252 valence electrons. The molecule has 0 saturated carbocycles. The van der Waals surface area contributed by atoms with Gasteiger partial charge >= 0.3 is 7.60 Å². The van der Waals surface area contributed by atoms with Crippen molar-refractivity contribution in [3.05, 3.63) is 83.9 Å². The molecular formula is C33H45N2O9PS. The normalized spacial score (nSPS) is 15.2. The molecule has 0 aromatic heterocycles. The van der Waals surface area contributed by atoms with Crippen LogP contribution in [0.25, 0.3) is 0 Å². The predicted octanol–water partition coefficient (Wildman–Crippen LogP) is 5.60. The summed E-state index contributed by atoms with van der Waals surface area (Å²) in [7, 11) is -6.37. The van der Waals surface area contributed by atoms with Crippen LogP contribution < -0.4 is 19.5 Å². The number of ether oxygens (including phenoxy) is 3. The zero-order valence-corrected chi connectivity index (χ0v) is 28.7. The molecule has 0 radical (unpaired) electrons. The summed E-state index contributed by atoms with van der Waals surface area (Å²) in [5, 5.41) is 15.3. The van der Waals surface area contributed by atoms with E-state index in [0.717, 1.165) is 5.56 Å². The number of sulfonamides is 1. The minimum absolute atomic E-state index is 0.0294. The van der Waals surface area contributed by atoms with E-state index in [-0.39, 0.29) is 43.9 Å². The van der Waals surface area contributed by atoms with Gasteiger partial charge in [-0.2, -0.15) is 4.31 Å². The van der Waals surface area contributed by atoms with Crippen molar-refractivity contribution in [2.75, 3.05) is 40.2 Å². The molecule has 3 atom stereocenters. The molecule has 0 bridgehead atoms. The Balaban J connectivity index is 1.73. The Morgan fingerprint density at radius 2 is 1.59 bits per heavy atom. The first-order chi connectivity index (χ1) is 22.0. The maximum Gasteiger partial charge on any atom is 0.351 e. The zero-order chi connectivity index (χ0) is 33.3. The summed E-state index contributed by atoms with van der Waals surface area (Å²) in [6.45, 7) is 7.54. The van der Waals surface area contributed by atoms with E-state index in [1.807, 2.05) is 44.2 Å². The molecule has 1 heterocycles. The van der Waals surface area contributed by atoms with Gasteiger partial charge in [0.15, 0.2) is 11.5 Å². The molecule has 3 aromatic rings. The molecule has 0 fully saturated rings. The standard InChI is InChI=1S/C33H45N2O9PS/c1-6-43-45(37,44-7-2)33(26-13-18-31-32(20-26)42-23-41-31)34-29(19-25-11-9-8-10-12-25)30(36)22-35(21-24(3)4)46(38,39)28-16-14-27(40-5)15-17-28/h8-18,20,24,29-30,33-34,36H,6-7,19,21-23H2,1-5H3/t29-,30-,33?/m0/s1. The Morgan fingerprint density at radius 1 is 0.935 bits per heavy atom. The highest BCUT2D eigenvalue weighted by Crippen LogP contribution is 2.60. The van der Waals surface area contributed by atoms with Crippen LogP contribution >= 0.6 is 7.60 Å². The monoisotopic (exact) mass is 676 g/mol. The summed E-state index contributed by atoms with van der Waals surface area (Å²) < 4.78 is 71.4. The van der Waals surface area contributed by atoms with E-state index >= 15 is 0 Å². The number of hydrogen-bond donors (Lipinski definition) is 2. The molecule has 0 amide bonds. The fraction of sp³-hybridized carbons (Fsp3) is 0.455. The molecule has 4 rings (SSSR count). The molecular weight excluding hydrogens is 631 g/mol. The third kappa shape index (κ3) is 8.89. The highest BCUT2D eigenvalue weighted by Gasteiger charge is 2.41. The lowest BCUT2D eigenvalue weighted by molar-refractivity contribution is 0.0968. The van der Waals surface area contributed by atoms with E-state index in [1.165, 1.54) is 23.5 Å². The van der Waals surface area contributed by atoms with Gasteiger partial charge in [-0.15, -0.1) is 0 Å². The minimum atomic E-state index is -4.00. The van der Waals surface area contributed by atoms with Crippen molar-refractivity contribution < 1.29 is 41.3 Å². The van der Waals surface area contributed by atoms with E-state index in [4.69, 9.17) is 23.3 Å². The lowest BCUT2D eigenvalue weighted by Gasteiger charge is -2.35. The van der Waals surface area contributed by atoms with Gasteiger partial charge in [-0.3, -0.25) is 9.88 Å². The van der Waals surface area contributed by atoms with Gasteiger partial charge in [-0.25, -0.2) is 8.42 Å². The number of aliphatic hydroxyl groups excluding tert-OH is 1. The topological polar surface area (TPSA) is 133 Å². The number of aliphatic hydroxyl groups is 1. The van der Waals surface area contributed by atoms with Gasteiger partial charge in [0, 0.05) is 19.1 Å². The Labute approximate surface area is 272 Å². The number of fused-ring (bicyclic) bond motifs is 1. The van der Waals surface area contributed by atoms with Gasteiger partial charge < -0.3 is 28.4 Å². The van der Waals surface area contributed by atoms with Crippen LogP contribution in [0, 0.1) is 5.92 Å². The first-order valence-electron chi connectivity index (χ1n) is 15.4. The van der Waals surface area contributed by atoms with E-state index in [1.54, 1.807) is 44.2 Å². The molecule has 11 nitrogen and oxygen atoms in total. The minimum Gasteiger partial charge on any atom is -0.497 e. The van der Waals surface area contributed by atoms with Gasteiger partial charge in [0.05, 0.1) is 31.3 Å². The number of methoxy groups -OCH3 is 1. The van der Waals surface area contributed by atoms with Crippen LogP contribution in [-0.2, 0) is 30.1 Å². The van der Waals surface area contributed by atoms with Crippen LogP contribution in [0.2, 0.25) is 0 Å². The Bertz CT molecular complexity index is 1550. The van der Waals surface area contributed by atoms with Gasteiger partial charge in [0.25, 0.3) is 0 Å². The molecule has 2 N–H and O–H groups in total. The number of nitrogens with one attached hydrogen (secondary N) is 1. The average molecular weight is 677 g/mol. The summed E-state index contributed by atoms with van der Waals surface area (Å²) >= 11 is 0. The Morgan fingerprint density at radius 3 is 2.20 bits per heavy atom. The van der Waals surface area contributed by atoms with Crippen molar-refractivity contribution in [1.29, 1.82) is 0 Å². The largest absolute Gasteiger partial charge is 0.497 e. The van der Waals surface area contributed by atoms with E-state index in [2.05, 4.69) is 5.32 Å². The zero-order valence-electron chi connectivity index (χ0n) is 27.0. The van der Waals surface area contributed by atoms with Gasteiger partial charge in [0.1, 0.15) is 11.5 Å². The Kier molecular flexibility index (Phi) is 12.7. The van der Waals surface area contributed by atoms with Crippen molar-refractivity contribution in [2.24, 2.45) is 5.92 Å². The quantitative estimate of drug-likeness (QED) is 0.164. The van der Waals surface area contributed by atoms with Crippen LogP contribution in [0.5, 0.6) is 17.2 Å². The summed E-state index contributed by atoms with van der Waals surface area (Å²) in [6.07, 6.45) is -0.945. The van der Waals surface area contributed by atoms with Crippen molar-refractivity contribution >= 4 is 17.6 Å². The van der Waals surface area contributed by atoms with Crippen LogP contribution in [0.4, 0.5) is 0 Å². The third-order valence-corrected chi connectivity index (χ3v) is 11.6. The van der Waals surface area contributed by atoms with Crippen LogP contribution in [-0.4, -0.2) is 70.2 Å². The molecule has 46 heavy (non-hydrogen) atoms. The molecule has 0 saturated heterocycles. The first kappa shape index (κ1) is 35.9. The van der Waals surface area contributed by atoms with Crippen molar-refractivity contribution in [3.8, 4) is 17.2 Å². The highest BCUT2D eigenvalue weighted by molar-refractivity contribution is 7.89. The smallest absolute Gasteiger partial charge is 0.351 e. The second-order valence-corrected chi connectivity index (χ2v) is 15.4. The van der Waals surface area contributed by atoms with Crippen molar-refractivity contribution in [2.45, 2.75) is 56.9 Å². The number of hydrogen-bond acceptors (Lipinski definition) is 10. The van der Waals surface area contributed by atoms with Gasteiger partial charge in [-0.05, 0) is 73.7 Å². The van der Waals surface area contributed by atoms with Crippen LogP contribution in [0.1, 0.15) is 44.6 Å². The van der Waals surface area contributed by atoms with Crippen LogP contribution in [0.15, 0.2) is 77.7 Å². The molecule has 1 unspecified atom stereocenters. The maximum atomic E-state index is 14.4. The second-order valence-electron chi connectivity index (χ2n) is 11.3. The molecule has 1 aliphatic rings. The Hall–Kier alpha value is -2.96. The van der Waals surface area contributed by atoms with E-state index in [9.17, 15) is 18.1 Å². The molecule has 0 aliphatic carbocycles. The highest BCUT2D eigenvalue weighted by atomic mass is 32.2. The van der Waals surface area contributed by atoms with Gasteiger partial charge in [0.2, 0.25) is 16.8 Å². The summed E-state index contributed by atoms with van der Waals surface area (Å²) in [5.74, 6) is 0.515. The van der Waals surface area contributed by atoms with Crippen LogP contribution in [0.3, 0.4) is 0 Å². The maximum absolute atomic E-state index is 14.4. The van der Waals surface area contributed by atoms with Gasteiger partial charge in [-0.1, -0.05) is 50.2 Å². The first-order valence-corrected chi connectivity index (χ1v) is 18.5. The molecule has 3 aromatic carbocycles. The second kappa shape index (κ2) is 16.2. The summed E-state index contributed by atoms with van der Waals surface area (Å²) in [4.78, 5) is 0.0872. The third-order valence-electron chi connectivity index (χ3n) is 7.44. The number of benzene rings is 3. The summed E-state index contributed by atoms with van der Waals surface area (Å²) in [6, 6.07) is 20.1. The molecule has 13 heteroatoms. The average Bonchev–Trinajstić information content (AvgIpc) is 3.51. The molecule has 1 aliphatic heterocycles. The van der Waals surface area contributed by atoms with Crippen molar-refractivity contribution in [3.63, 3.8) is 0 Å². The number of nitrogens with zero attached hydrogens (tertiary/aromatic N) is 1. The fourth-order valence-electron chi connectivity index (χ4n) is 5.29. The lowest BCUT2D eigenvalue weighted by Crippen LogP contribution is -2.50. The lowest BCUT2D eigenvalue weighted by atomic mass is 10.0. The SMILES string of the molecule is CCOP(=O)(OCC)C(N[C@@H](Cc1ccccc1)[C@@H](O)CN(CC(C)C)S(=O)(=O)c1ccc(OC)cc1)c1ccc2c(c1)OCO2. The predicted molar refractivity (Wildman–Crippen MR) is 176 cm³/mol. The number of rotatable bonds is 18. The van der Waals surface area contributed by atoms with E-state index < -0.39 is 35.5 Å². The fourth-order valence-corrected chi connectivity index (χ4v) is 8.90. The van der Waals surface area contributed by atoms with Crippen molar-refractivity contribution in [1.82, 2.24) is 9.62 Å².